The highest BCUT2D eigenvalue weighted by atomic mass is 16.6. The molecule has 2 saturated carbocycles. The zero-order chi connectivity index (χ0) is 20.7. The fourth-order valence-corrected chi connectivity index (χ4v) is 4.77. The predicted molar refractivity (Wildman–Crippen MR) is 109 cm³/mol. The van der Waals surface area contributed by atoms with E-state index in [2.05, 4.69) is 37.6 Å². The van der Waals surface area contributed by atoms with E-state index in [0.29, 0.717) is 18.9 Å². The highest BCUT2D eigenvalue weighted by Gasteiger charge is 2.41. The van der Waals surface area contributed by atoms with E-state index in [0.717, 1.165) is 54.7 Å². The molecule has 0 aliphatic heterocycles. The molecule has 2 fully saturated rings. The van der Waals surface area contributed by atoms with Crippen LogP contribution in [0.4, 0.5) is 4.79 Å². The summed E-state index contributed by atoms with van der Waals surface area (Å²) in [5.74, 6) is 1.44. The van der Waals surface area contributed by atoms with Gasteiger partial charge in [-0.15, -0.1) is 10.2 Å². The molecule has 1 amide bonds. The van der Waals surface area contributed by atoms with Gasteiger partial charge in [0.25, 0.3) is 0 Å². The number of hydrogen-bond donors (Lipinski definition) is 1. The molecule has 5 rings (SSSR count). The van der Waals surface area contributed by atoms with Gasteiger partial charge in [0.2, 0.25) is 0 Å². The third-order valence-corrected chi connectivity index (χ3v) is 6.43. The maximum atomic E-state index is 12.8. The summed E-state index contributed by atoms with van der Waals surface area (Å²) >= 11 is 0. The van der Waals surface area contributed by atoms with Crippen molar-refractivity contribution in [1.29, 1.82) is 5.26 Å². The molecule has 3 unspecified atom stereocenters. The minimum absolute atomic E-state index is 0.147. The van der Waals surface area contributed by atoms with E-state index >= 15 is 0 Å². The lowest BCUT2D eigenvalue weighted by Crippen LogP contribution is -2.36. The maximum absolute atomic E-state index is 12.8. The first kappa shape index (κ1) is 18.9. The number of fused-ring (bicyclic) bond motifs is 3. The van der Waals surface area contributed by atoms with E-state index in [1.54, 1.807) is 11.1 Å². The van der Waals surface area contributed by atoms with Gasteiger partial charge in [-0.25, -0.2) is 9.78 Å². The van der Waals surface area contributed by atoms with Gasteiger partial charge in [-0.3, -0.25) is 4.40 Å². The van der Waals surface area contributed by atoms with Crippen LogP contribution in [0.25, 0.3) is 16.8 Å². The SMILES string of the molecule is CCC1CC(OC(=O)N(CCC#N)C2CC2)CC1c1nnc2cnc3[nH]ccc3n12. The number of nitriles is 1. The zero-order valence-electron chi connectivity index (χ0n) is 17.0. The number of hydrogen-bond acceptors (Lipinski definition) is 6. The minimum atomic E-state index is -0.281. The van der Waals surface area contributed by atoms with Crippen molar-refractivity contribution in [1.82, 2.24) is 29.5 Å². The number of ether oxygens (including phenoxy) is 1. The summed E-state index contributed by atoms with van der Waals surface area (Å²) in [5.41, 5.74) is 2.48. The zero-order valence-corrected chi connectivity index (χ0v) is 17.0. The molecule has 2 aliphatic carbocycles. The molecule has 2 aliphatic rings. The molecule has 0 bridgehead atoms. The van der Waals surface area contributed by atoms with E-state index in [9.17, 15) is 4.79 Å². The van der Waals surface area contributed by atoms with E-state index < -0.39 is 0 Å². The lowest BCUT2D eigenvalue weighted by atomic mass is 9.93. The molecule has 0 radical (unpaired) electrons. The first-order valence-corrected chi connectivity index (χ1v) is 10.7. The van der Waals surface area contributed by atoms with Gasteiger partial charge in [-0.1, -0.05) is 13.3 Å². The molecule has 3 heterocycles. The van der Waals surface area contributed by atoms with E-state index in [1.165, 1.54) is 0 Å². The molecule has 30 heavy (non-hydrogen) atoms. The molecule has 0 saturated heterocycles. The lowest BCUT2D eigenvalue weighted by molar-refractivity contribution is 0.0617. The monoisotopic (exact) mass is 407 g/mol. The quantitative estimate of drug-likeness (QED) is 0.670. The third kappa shape index (κ3) is 3.26. The summed E-state index contributed by atoms with van der Waals surface area (Å²) in [7, 11) is 0. The number of aromatic amines is 1. The van der Waals surface area contributed by atoms with Crippen LogP contribution >= 0.6 is 0 Å². The summed E-state index contributed by atoms with van der Waals surface area (Å²) < 4.78 is 7.99. The van der Waals surface area contributed by atoms with Gasteiger partial charge in [0, 0.05) is 24.7 Å². The Hall–Kier alpha value is -3.15. The van der Waals surface area contributed by atoms with Crippen molar-refractivity contribution in [3.63, 3.8) is 0 Å². The topological polar surface area (TPSA) is 112 Å². The lowest BCUT2D eigenvalue weighted by Gasteiger charge is -2.23. The van der Waals surface area contributed by atoms with Gasteiger partial charge in [0.15, 0.2) is 11.3 Å². The number of carbonyl (C=O) groups is 1. The second-order valence-electron chi connectivity index (χ2n) is 8.31. The van der Waals surface area contributed by atoms with Crippen molar-refractivity contribution < 1.29 is 9.53 Å². The van der Waals surface area contributed by atoms with Crippen LogP contribution in [0.5, 0.6) is 0 Å². The predicted octanol–water partition coefficient (Wildman–Crippen LogP) is 3.39. The minimum Gasteiger partial charge on any atom is -0.446 e. The van der Waals surface area contributed by atoms with Crippen LogP contribution in [0.2, 0.25) is 0 Å². The summed E-state index contributed by atoms with van der Waals surface area (Å²) in [4.78, 5) is 22.0. The Bertz CT molecular complexity index is 1110. The molecular formula is C21H25N7O2. The van der Waals surface area contributed by atoms with Crippen LogP contribution in [-0.4, -0.2) is 54.2 Å². The van der Waals surface area contributed by atoms with Crippen LogP contribution < -0.4 is 0 Å². The van der Waals surface area contributed by atoms with Gasteiger partial charge in [-0.2, -0.15) is 5.26 Å². The van der Waals surface area contributed by atoms with Crippen molar-refractivity contribution in [2.45, 2.75) is 63.5 Å². The summed E-state index contributed by atoms with van der Waals surface area (Å²) in [6.45, 7) is 2.61. The molecular weight excluding hydrogens is 382 g/mol. The van der Waals surface area contributed by atoms with Crippen molar-refractivity contribution >= 4 is 22.9 Å². The first-order chi connectivity index (χ1) is 14.7. The molecule has 9 nitrogen and oxygen atoms in total. The summed E-state index contributed by atoms with van der Waals surface area (Å²) in [6.07, 6.45) is 8.03. The Balaban J connectivity index is 1.37. The number of rotatable bonds is 6. The van der Waals surface area contributed by atoms with Gasteiger partial charge in [0.05, 0.1) is 24.2 Å². The molecule has 3 aromatic rings. The van der Waals surface area contributed by atoms with E-state index in [-0.39, 0.29) is 24.2 Å². The maximum Gasteiger partial charge on any atom is 0.410 e. The molecule has 9 heteroatoms. The standard InChI is InChI=1S/C21H25N7O2/c1-2-13-10-15(30-21(29)27(9-3-7-22)14-4-5-14)11-16(13)20-26-25-18-12-24-19-17(28(18)20)6-8-23-19/h6,8,12-16,23H,2-5,9-11H2,1H3. The number of H-pyrrole nitrogens is 1. The molecule has 3 atom stereocenters. The van der Waals surface area contributed by atoms with Crippen molar-refractivity contribution in [3.8, 4) is 6.07 Å². The molecule has 0 spiro atoms. The van der Waals surface area contributed by atoms with Gasteiger partial charge >= 0.3 is 6.09 Å². The number of aromatic nitrogens is 5. The van der Waals surface area contributed by atoms with Crippen molar-refractivity contribution in [2.75, 3.05) is 6.54 Å². The van der Waals surface area contributed by atoms with Crippen LogP contribution in [0.15, 0.2) is 18.5 Å². The van der Waals surface area contributed by atoms with Crippen LogP contribution in [0.1, 0.15) is 57.2 Å². The highest BCUT2D eigenvalue weighted by Crippen LogP contribution is 2.43. The average Bonchev–Trinajstić information content (AvgIpc) is 3.15. The fraction of sp³-hybridized carbons (Fsp3) is 0.571. The Kier molecular flexibility index (Phi) is 4.77. The smallest absolute Gasteiger partial charge is 0.410 e. The van der Waals surface area contributed by atoms with E-state index in [4.69, 9.17) is 10.00 Å². The highest BCUT2D eigenvalue weighted by molar-refractivity contribution is 5.74. The van der Waals surface area contributed by atoms with E-state index in [1.807, 2.05) is 12.3 Å². The van der Waals surface area contributed by atoms with Gasteiger partial charge < -0.3 is 14.6 Å². The fourth-order valence-electron chi connectivity index (χ4n) is 4.77. The molecule has 1 N–H and O–H groups in total. The van der Waals surface area contributed by atoms with Crippen molar-refractivity contribution in [2.24, 2.45) is 5.92 Å². The third-order valence-electron chi connectivity index (χ3n) is 6.43. The van der Waals surface area contributed by atoms with Gasteiger partial charge in [0.1, 0.15) is 11.9 Å². The normalized spacial score (nSPS) is 23.7. The second kappa shape index (κ2) is 7.59. The average molecular weight is 407 g/mol. The van der Waals surface area contributed by atoms with Crippen molar-refractivity contribution in [3.05, 3.63) is 24.3 Å². The number of amides is 1. The van der Waals surface area contributed by atoms with Crippen LogP contribution in [0.3, 0.4) is 0 Å². The number of nitrogens with one attached hydrogen (secondary N) is 1. The first-order valence-electron chi connectivity index (χ1n) is 10.7. The van der Waals surface area contributed by atoms with Crippen LogP contribution in [0, 0.1) is 17.2 Å². The molecule has 3 aromatic heterocycles. The second-order valence-corrected chi connectivity index (χ2v) is 8.31. The Morgan fingerprint density at radius 1 is 1.40 bits per heavy atom. The Morgan fingerprint density at radius 2 is 2.27 bits per heavy atom. The Labute approximate surface area is 174 Å². The number of carbonyl (C=O) groups excluding carboxylic acids is 1. The van der Waals surface area contributed by atoms with Gasteiger partial charge in [-0.05, 0) is 37.7 Å². The molecule has 0 aromatic carbocycles. The van der Waals surface area contributed by atoms with Crippen LogP contribution in [-0.2, 0) is 4.74 Å². The molecule has 156 valence electrons. The summed E-state index contributed by atoms with van der Waals surface area (Å²) in [6, 6.07) is 4.35. The Morgan fingerprint density at radius 3 is 3.03 bits per heavy atom. The number of nitrogens with zero attached hydrogens (tertiary/aromatic N) is 6. The summed E-state index contributed by atoms with van der Waals surface area (Å²) in [5, 5.41) is 17.7. The largest absolute Gasteiger partial charge is 0.446 e.